The Morgan fingerprint density at radius 1 is 1.50 bits per heavy atom. The number of aromatic nitrogens is 2. The maximum Gasteiger partial charge on any atom is 0.134 e. The van der Waals surface area contributed by atoms with E-state index in [9.17, 15) is 0 Å². The van der Waals surface area contributed by atoms with E-state index in [1.165, 1.54) is 6.33 Å². The molecule has 1 heterocycles. The summed E-state index contributed by atoms with van der Waals surface area (Å²) in [6.07, 6.45) is 1.47. The molecule has 1 aromatic rings. The van der Waals surface area contributed by atoms with Crippen LogP contribution in [0.2, 0.25) is 0 Å². The van der Waals surface area contributed by atoms with E-state index in [2.05, 4.69) is 21.8 Å². The Bertz CT molecular complexity index is 279. The van der Waals surface area contributed by atoms with Crippen LogP contribution < -0.4 is 10.6 Å². The normalized spacial score (nSPS) is 10.1. The average molecular weight is 196 g/mol. The van der Waals surface area contributed by atoms with E-state index in [1.54, 1.807) is 13.2 Å². The second-order valence-corrected chi connectivity index (χ2v) is 2.87. The summed E-state index contributed by atoms with van der Waals surface area (Å²) in [5.41, 5.74) is 5.57. The first-order chi connectivity index (χ1) is 6.77. The molecule has 2 N–H and O–H groups in total. The number of likely N-dealkylation sites (N-methyl/N-ethyl adjacent to an activating group) is 1. The van der Waals surface area contributed by atoms with Crippen LogP contribution in [-0.4, -0.2) is 36.8 Å². The van der Waals surface area contributed by atoms with Gasteiger partial charge in [0.15, 0.2) is 0 Å². The zero-order valence-electron chi connectivity index (χ0n) is 8.60. The van der Waals surface area contributed by atoms with Gasteiger partial charge in [0, 0.05) is 26.3 Å². The topological polar surface area (TPSA) is 64.3 Å². The van der Waals surface area contributed by atoms with Crippen molar-refractivity contribution in [1.82, 2.24) is 9.97 Å². The summed E-state index contributed by atoms with van der Waals surface area (Å²) in [6.45, 7) is 4.43. The van der Waals surface area contributed by atoms with Crippen molar-refractivity contribution in [2.24, 2.45) is 0 Å². The van der Waals surface area contributed by atoms with E-state index in [-0.39, 0.29) is 0 Å². The largest absolute Gasteiger partial charge is 0.384 e. The van der Waals surface area contributed by atoms with Crippen molar-refractivity contribution in [3.8, 4) is 0 Å². The lowest BCUT2D eigenvalue weighted by Crippen LogP contribution is -2.27. The predicted molar refractivity (Wildman–Crippen MR) is 56.2 cm³/mol. The Kier molecular flexibility index (Phi) is 4.12. The van der Waals surface area contributed by atoms with Gasteiger partial charge in [-0.15, -0.1) is 0 Å². The number of methoxy groups -OCH3 is 1. The molecule has 0 bridgehead atoms. The van der Waals surface area contributed by atoms with Gasteiger partial charge in [-0.3, -0.25) is 0 Å². The smallest absolute Gasteiger partial charge is 0.134 e. The van der Waals surface area contributed by atoms with Crippen LogP contribution in [0.1, 0.15) is 6.92 Å². The highest BCUT2D eigenvalue weighted by molar-refractivity contribution is 5.45. The van der Waals surface area contributed by atoms with Crippen molar-refractivity contribution >= 4 is 11.6 Å². The highest BCUT2D eigenvalue weighted by atomic mass is 16.5. The quantitative estimate of drug-likeness (QED) is 0.744. The molecule has 5 nitrogen and oxygen atoms in total. The van der Waals surface area contributed by atoms with Crippen LogP contribution in [0.4, 0.5) is 11.6 Å². The number of anilines is 2. The number of nitrogens with zero attached hydrogens (tertiary/aromatic N) is 3. The van der Waals surface area contributed by atoms with Gasteiger partial charge < -0.3 is 15.4 Å². The second kappa shape index (κ2) is 5.39. The van der Waals surface area contributed by atoms with Gasteiger partial charge in [0.05, 0.1) is 6.61 Å². The van der Waals surface area contributed by atoms with E-state index >= 15 is 0 Å². The van der Waals surface area contributed by atoms with Gasteiger partial charge in [0.25, 0.3) is 0 Å². The Balaban J connectivity index is 2.68. The number of rotatable bonds is 5. The molecule has 0 aliphatic carbocycles. The molecular formula is C9H16N4O. The van der Waals surface area contributed by atoms with Crippen molar-refractivity contribution in [1.29, 1.82) is 0 Å². The first-order valence-electron chi connectivity index (χ1n) is 4.59. The molecule has 0 spiro atoms. The molecule has 0 fully saturated rings. The minimum atomic E-state index is 0.492. The number of hydrogen-bond donors (Lipinski definition) is 1. The molecule has 0 saturated heterocycles. The van der Waals surface area contributed by atoms with Crippen LogP contribution in [0.25, 0.3) is 0 Å². The molecule has 0 unspecified atom stereocenters. The van der Waals surface area contributed by atoms with Gasteiger partial charge in [0.2, 0.25) is 0 Å². The van der Waals surface area contributed by atoms with E-state index in [0.717, 1.165) is 18.9 Å². The molecule has 0 aromatic carbocycles. The van der Waals surface area contributed by atoms with Crippen molar-refractivity contribution in [3.05, 3.63) is 12.4 Å². The zero-order chi connectivity index (χ0) is 10.4. The van der Waals surface area contributed by atoms with Gasteiger partial charge in [0.1, 0.15) is 18.0 Å². The van der Waals surface area contributed by atoms with Crippen LogP contribution in [0.5, 0.6) is 0 Å². The Hall–Kier alpha value is -1.36. The molecule has 5 heteroatoms. The zero-order valence-corrected chi connectivity index (χ0v) is 8.60. The molecule has 0 atom stereocenters. The summed E-state index contributed by atoms with van der Waals surface area (Å²) in [4.78, 5) is 10.1. The third-order valence-corrected chi connectivity index (χ3v) is 1.94. The summed E-state index contributed by atoms with van der Waals surface area (Å²) in [5.74, 6) is 1.34. The summed E-state index contributed by atoms with van der Waals surface area (Å²) < 4.78 is 5.01. The van der Waals surface area contributed by atoms with Crippen LogP contribution in [-0.2, 0) is 4.74 Å². The fourth-order valence-electron chi connectivity index (χ4n) is 1.17. The van der Waals surface area contributed by atoms with E-state index in [0.29, 0.717) is 12.4 Å². The number of ether oxygens (including phenoxy) is 1. The van der Waals surface area contributed by atoms with Crippen LogP contribution in [0.3, 0.4) is 0 Å². The Morgan fingerprint density at radius 3 is 2.86 bits per heavy atom. The maximum atomic E-state index is 5.57. The minimum Gasteiger partial charge on any atom is -0.384 e. The van der Waals surface area contributed by atoms with Crippen LogP contribution in [0.15, 0.2) is 12.4 Å². The highest BCUT2D eigenvalue weighted by Gasteiger charge is 2.05. The summed E-state index contributed by atoms with van der Waals surface area (Å²) in [5, 5.41) is 0. The molecule has 0 amide bonds. The minimum absolute atomic E-state index is 0.492. The lowest BCUT2D eigenvalue weighted by atomic mass is 10.4. The van der Waals surface area contributed by atoms with E-state index in [4.69, 9.17) is 10.5 Å². The number of nitrogens with two attached hydrogens (primary N) is 1. The monoisotopic (exact) mass is 196 g/mol. The van der Waals surface area contributed by atoms with Gasteiger partial charge in [-0.25, -0.2) is 9.97 Å². The lowest BCUT2D eigenvalue weighted by molar-refractivity contribution is 0.205. The molecule has 78 valence electrons. The fourth-order valence-corrected chi connectivity index (χ4v) is 1.17. The summed E-state index contributed by atoms with van der Waals surface area (Å²) >= 11 is 0. The number of nitrogen functional groups attached to an aromatic ring is 1. The number of hydrogen-bond acceptors (Lipinski definition) is 5. The first-order valence-corrected chi connectivity index (χ1v) is 4.59. The average Bonchev–Trinajstić information content (AvgIpc) is 2.19. The molecule has 1 rings (SSSR count). The lowest BCUT2D eigenvalue weighted by Gasteiger charge is -2.21. The van der Waals surface area contributed by atoms with Crippen LogP contribution >= 0.6 is 0 Å². The maximum absolute atomic E-state index is 5.57. The fraction of sp³-hybridized carbons (Fsp3) is 0.556. The molecule has 1 aromatic heterocycles. The molecule has 0 saturated carbocycles. The van der Waals surface area contributed by atoms with Crippen molar-refractivity contribution in [3.63, 3.8) is 0 Å². The van der Waals surface area contributed by atoms with Gasteiger partial charge in [-0.2, -0.15) is 0 Å². The molecule has 0 aliphatic heterocycles. The standard InChI is InChI=1S/C9H16N4O/c1-3-13(4-5-14-2)9-6-8(10)11-7-12-9/h6-7H,3-5H2,1-2H3,(H2,10,11,12). The molecule has 0 radical (unpaired) electrons. The summed E-state index contributed by atoms with van der Waals surface area (Å²) in [6, 6.07) is 1.76. The third kappa shape index (κ3) is 2.85. The van der Waals surface area contributed by atoms with E-state index in [1.807, 2.05) is 0 Å². The SMILES string of the molecule is CCN(CCOC)c1cc(N)ncn1. The highest BCUT2D eigenvalue weighted by Crippen LogP contribution is 2.10. The molecular weight excluding hydrogens is 180 g/mol. The van der Waals surface area contributed by atoms with Gasteiger partial charge in [-0.05, 0) is 6.92 Å². The predicted octanol–water partition coefficient (Wildman–Crippen LogP) is 0.531. The van der Waals surface area contributed by atoms with Crippen molar-refractivity contribution < 1.29 is 4.74 Å². The molecule has 14 heavy (non-hydrogen) atoms. The van der Waals surface area contributed by atoms with Crippen molar-refractivity contribution in [2.75, 3.05) is 37.4 Å². The van der Waals surface area contributed by atoms with Gasteiger partial charge >= 0.3 is 0 Å². The summed E-state index contributed by atoms with van der Waals surface area (Å²) in [7, 11) is 1.68. The Labute approximate surface area is 83.9 Å². The van der Waals surface area contributed by atoms with Crippen molar-refractivity contribution in [2.45, 2.75) is 6.92 Å². The third-order valence-electron chi connectivity index (χ3n) is 1.94. The molecule has 0 aliphatic rings. The van der Waals surface area contributed by atoms with E-state index < -0.39 is 0 Å². The van der Waals surface area contributed by atoms with Crippen LogP contribution in [0, 0.1) is 0 Å². The van der Waals surface area contributed by atoms with Gasteiger partial charge in [-0.1, -0.05) is 0 Å². The Morgan fingerprint density at radius 2 is 2.29 bits per heavy atom. The first kappa shape index (κ1) is 10.7. The second-order valence-electron chi connectivity index (χ2n) is 2.87.